The molecule has 0 saturated carbocycles. The van der Waals surface area contributed by atoms with E-state index in [2.05, 4.69) is 5.32 Å². The van der Waals surface area contributed by atoms with Crippen molar-refractivity contribution in [2.24, 2.45) is 5.92 Å². The van der Waals surface area contributed by atoms with Crippen LogP contribution < -0.4 is 10.2 Å². The molecule has 1 aromatic rings. The quantitative estimate of drug-likeness (QED) is 0.723. The number of nitrogens with one attached hydrogen (secondary N) is 1. The number of hydrogen-bond acceptors (Lipinski definition) is 4. The van der Waals surface area contributed by atoms with Gasteiger partial charge in [0.05, 0.1) is 12.0 Å². The number of aliphatic hydroxyl groups excluding tert-OH is 1. The lowest BCUT2D eigenvalue weighted by molar-refractivity contribution is -0.145. The topological polar surface area (TPSA) is 107 Å². The summed E-state index contributed by atoms with van der Waals surface area (Å²) in [7, 11) is 0. The Morgan fingerprint density at radius 1 is 1.30 bits per heavy atom. The van der Waals surface area contributed by atoms with E-state index in [4.69, 9.17) is 5.11 Å². The van der Waals surface area contributed by atoms with Gasteiger partial charge >= 0.3 is 5.97 Å². The summed E-state index contributed by atoms with van der Waals surface area (Å²) < 4.78 is 0. The molecule has 1 aromatic carbocycles. The Kier molecular flexibility index (Phi) is 5.00. The number of aryl methyl sites for hydroxylation is 1. The normalized spacial score (nSPS) is 20.2. The standard InChI is InChI=1S/C16H20N2O5/c1-9-3-5-12(6-4-9)18-8-11(7-13(18)20)15(21)17-14(10(2)19)16(22)23/h3-6,10-11,14,19H,7-8H2,1-2H3,(H,17,21)(H,22,23). The number of aliphatic carboxylic acids is 1. The van der Waals surface area contributed by atoms with Gasteiger partial charge in [-0.3, -0.25) is 9.59 Å². The number of benzene rings is 1. The highest BCUT2D eigenvalue weighted by Crippen LogP contribution is 2.25. The lowest BCUT2D eigenvalue weighted by Gasteiger charge is -2.20. The fraction of sp³-hybridized carbons (Fsp3) is 0.438. The van der Waals surface area contributed by atoms with Gasteiger partial charge in [0.15, 0.2) is 6.04 Å². The molecule has 2 amide bonds. The summed E-state index contributed by atoms with van der Waals surface area (Å²) in [6.45, 7) is 3.42. The first kappa shape index (κ1) is 17.0. The fourth-order valence-corrected chi connectivity index (χ4v) is 2.52. The van der Waals surface area contributed by atoms with E-state index in [1.165, 1.54) is 11.8 Å². The molecule has 0 radical (unpaired) electrons. The van der Waals surface area contributed by atoms with E-state index in [0.29, 0.717) is 5.69 Å². The monoisotopic (exact) mass is 320 g/mol. The maximum atomic E-state index is 12.2. The zero-order valence-electron chi connectivity index (χ0n) is 13.0. The molecular formula is C16H20N2O5. The molecule has 3 unspecified atom stereocenters. The van der Waals surface area contributed by atoms with Crippen LogP contribution in [0.3, 0.4) is 0 Å². The first-order valence-corrected chi connectivity index (χ1v) is 7.38. The molecule has 1 aliphatic heterocycles. The van der Waals surface area contributed by atoms with Crippen LogP contribution in [0.25, 0.3) is 0 Å². The van der Waals surface area contributed by atoms with Crippen LogP contribution in [0.15, 0.2) is 24.3 Å². The molecular weight excluding hydrogens is 300 g/mol. The smallest absolute Gasteiger partial charge is 0.328 e. The second kappa shape index (κ2) is 6.78. The van der Waals surface area contributed by atoms with Crippen molar-refractivity contribution in [3.05, 3.63) is 29.8 Å². The van der Waals surface area contributed by atoms with Gasteiger partial charge in [-0.1, -0.05) is 17.7 Å². The number of carbonyl (C=O) groups excluding carboxylic acids is 2. The molecule has 0 spiro atoms. The average molecular weight is 320 g/mol. The zero-order chi connectivity index (χ0) is 17.1. The Balaban J connectivity index is 2.05. The maximum absolute atomic E-state index is 12.2. The number of amides is 2. The molecule has 3 N–H and O–H groups in total. The number of carboxylic acid groups (broad SMARTS) is 1. The van der Waals surface area contributed by atoms with E-state index in [0.717, 1.165) is 5.56 Å². The summed E-state index contributed by atoms with van der Waals surface area (Å²) in [4.78, 5) is 36.8. The SMILES string of the molecule is Cc1ccc(N2CC(C(=O)NC(C(=O)O)C(C)O)CC2=O)cc1. The van der Waals surface area contributed by atoms with E-state index in [9.17, 15) is 19.5 Å². The summed E-state index contributed by atoms with van der Waals surface area (Å²) in [6.07, 6.45) is -1.20. The first-order chi connectivity index (χ1) is 10.8. The van der Waals surface area contributed by atoms with Gasteiger partial charge in [0.25, 0.3) is 0 Å². The van der Waals surface area contributed by atoms with Gasteiger partial charge in [0.2, 0.25) is 11.8 Å². The molecule has 23 heavy (non-hydrogen) atoms. The third kappa shape index (κ3) is 3.87. The van der Waals surface area contributed by atoms with Crippen molar-refractivity contribution in [3.63, 3.8) is 0 Å². The Morgan fingerprint density at radius 2 is 1.91 bits per heavy atom. The number of rotatable bonds is 5. The predicted molar refractivity (Wildman–Crippen MR) is 82.9 cm³/mol. The molecule has 124 valence electrons. The lowest BCUT2D eigenvalue weighted by Crippen LogP contribution is -2.49. The van der Waals surface area contributed by atoms with Gasteiger partial charge < -0.3 is 20.4 Å². The Hall–Kier alpha value is -2.41. The molecule has 7 heteroatoms. The fourth-order valence-electron chi connectivity index (χ4n) is 2.52. The summed E-state index contributed by atoms with van der Waals surface area (Å²) in [5, 5.41) is 20.7. The summed E-state index contributed by atoms with van der Waals surface area (Å²) in [5.41, 5.74) is 1.78. The van der Waals surface area contributed by atoms with E-state index >= 15 is 0 Å². The molecule has 1 fully saturated rings. The Morgan fingerprint density at radius 3 is 2.43 bits per heavy atom. The molecule has 7 nitrogen and oxygen atoms in total. The van der Waals surface area contributed by atoms with Crippen LogP contribution in [0.4, 0.5) is 5.69 Å². The molecule has 0 aromatic heterocycles. The molecule has 1 heterocycles. The predicted octanol–water partition coefficient (Wildman–Crippen LogP) is 0.298. The number of hydrogen-bond donors (Lipinski definition) is 3. The van der Waals surface area contributed by atoms with E-state index in [-0.39, 0.29) is 18.9 Å². The van der Waals surface area contributed by atoms with Crippen molar-refractivity contribution >= 4 is 23.5 Å². The first-order valence-electron chi connectivity index (χ1n) is 7.38. The second-order valence-corrected chi connectivity index (χ2v) is 5.81. The third-order valence-electron chi connectivity index (χ3n) is 3.89. The van der Waals surface area contributed by atoms with Crippen molar-refractivity contribution in [3.8, 4) is 0 Å². The number of nitrogens with zero attached hydrogens (tertiary/aromatic N) is 1. The number of carbonyl (C=O) groups is 3. The van der Waals surface area contributed by atoms with Gasteiger partial charge in [-0.25, -0.2) is 4.79 Å². The van der Waals surface area contributed by atoms with Crippen LogP contribution in [0, 0.1) is 12.8 Å². The number of aliphatic hydroxyl groups is 1. The molecule has 0 bridgehead atoms. The molecule has 2 rings (SSSR count). The molecule has 3 atom stereocenters. The van der Waals surface area contributed by atoms with Crippen LogP contribution in [0.5, 0.6) is 0 Å². The second-order valence-electron chi connectivity index (χ2n) is 5.81. The van der Waals surface area contributed by atoms with Crippen molar-refractivity contribution in [2.45, 2.75) is 32.4 Å². The van der Waals surface area contributed by atoms with Crippen molar-refractivity contribution in [1.29, 1.82) is 0 Å². The molecule has 1 aliphatic rings. The minimum atomic E-state index is -1.38. The van der Waals surface area contributed by atoms with Gasteiger partial charge in [0.1, 0.15) is 0 Å². The highest BCUT2D eigenvalue weighted by Gasteiger charge is 2.37. The van der Waals surface area contributed by atoms with Gasteiger partial charge in [-0.2, -0.15) is 0 Å². The number of anilines is 1. The average Bonchev–Trinajstić information content (AvgIpc) is 2.86. The molecule has 1 saturated heterocycles. The van der Waals surface area contributed by atoms with Crippen LogP contribution in [-0.4, -0.2) is 46.7 Å². The third-order valence-corrected chi connectivity index (χ3v) is 3.89. The van der Waals surface area contributed by atoms with Crippen molar-refractivity contribution in [2.75, 3.05) is 11.4 Å². The maximum Gasteiger partial charge on any atom is 0.328 e. The van der Waals surface area contributed by atoms with E-state index in [1.807, 2.05) is 31.2 Å². The highest BCUT2D eigenvalue weighted by molar-refractivity contribution is 6.00. The summed E-state index contributed by atoms with van der Waals surface area (Å²) in [5.74, 6) is -2.67. The summed E-state index contributed by atoms with van der Waals surface area (Å²) >= 11 is 0. The van der Waals surface area contributed by atoms with E-state index in [1.54, 1.807) is 0 Å². The van der Waals surface area contributed by atoms with Gasteiger partial charge in [-0.15, -0.1) is 0 Å². The summed E-state index contributed by atoms with van der Waals surface area (Å²) in [6, 6.07) is 5.99. The van der Waals surface area contributed by atoms with Gasteiger partial charge in [0, 0.05) is 18.7 Å². The minimum absolute atomic E-state index is 0.0197. The molecule has 0 aliphatic carbocycles. The lowest BCUT2D eigenvalue weighted by atomic mass is 10.1. The van der Waals surface area contributed by atoms with Crippen molar-refractivity contribution in [1.82, 2.24) is 5.32 Å². The number of carboxylic acids is 1. The zero-order valence-corrected chi connectivity index (χ0v) is 13.0. The Labute approximate surface area is 133 Å². The van der Waals surface area contributed by atoms with Crippen LogP contribution in [-0.2, 0) is 14.4 Å². The van der Waals surface area contributed by atoms with Crippen LogP contribution in [0.2, 0.25) is 0 Å². The van der Waals surface area contributed by atoms with E-state index < -0.39 is 29.9 Å². The van der Waals surface area contributed by atoms with Crippen LogP contribution >= 0.6 is 0 Å². The highest BCUT2D eigenvalue weighted by atomic mass is 16.4. The minimum Gasteiger partial charge on any atom is -0.480 e. The van der Waals surface area contributed by atoms with Gasteiger partial charge in [-0.05, 0) is 26.0 Å². The van der Waals surface area contributed by atoms with Crippen LogP contribution in [0.1, 0.15) is 18.9 Å². The van der Waals surface area contributed by atoms with Crippen molar-refractivity contribution < 1.29 is 24.6 Å². The largest absolute Gasteiger partial charge is 0.480 e. The Bertz CT molecular complexity index is 611.